The Morgan fingerprint density at radius 2 is 2.27 bits per heavy atom. The third kappa shape index (κ3) is 2.11. The van der Waals surface area contributed by atoms with Gasteiger partial charge in [-0.3, -0.25) is 4.68 Å². The van der Waals surface area contributed by atoms with Crippen molar-refractivity contribution >= 4 is 23.2 Å². The molecule has 1 aromatic heterocycles. The van der Waals surface area contributed by atoms with Crippen LogP contribution in [0.1, 0.15) is 36.4 Å². The van der Waals surface area contributed by atoms with Gasteiger partial charge >= 0.3 is 0 Å². The van der Waals surface area contributed by atoms with Gasteiger partial charge in [-0.15, -0.1) is 11.6 Å². The quantitative estimate of drug-likeness (QED) is 0.763. The molecule has 0 bridgehead atoms. The molecule has 0 atom stereocenters. The van der Waals surface area contributed by atoms with Crippen molar-refractivity contribution in [2.45, 2.75) is 37.6 Å². The fourth-order valence-electron chi connectivity index (χ4n) is 1.61. The van der Waals surface area contributed by atoms with Gasteiger partial charge in [-0.2, -0.15) is 10.4 Å². The van der Waals surface area contributed by atoms with Crippen LogP contribution in [0.4, 0.5) is 0 Å². The zero-order valence-corrected chi connectivity index (χ0v) is 9.72. The van der Waals surface area contributed by atoms with Crippen molar-refractivity contribution in [2.75, 3.05) is 0 Å². The molecule has 0 radical (unpaired) electrons. The Morgan fingerprint density at radius 1 is 1.53 bits per heavy atom. The summed E-state index contributed by atoms with van der Waals surface area (Å²) in [5.74, 6) is 0.941. The van der Waals surface area contributed by atoms with Crippen LogP contribution in [-0.4, -0.2) is 9.78 Å². The first-order valence-electron chi connectivity index (χ1n) is 4.96. The number of nitriles is 1. The van der Waals surface area contributed by atoms with Crippen LogP contribution in [0.3, 0.4) is 0 Å². The summed E-state index contributed by atoms with van der Waals surface area (Å²) in [7, 11) is 0. The van der Waals surface area contributed by atoms with Crippen molar-refractivity contribution in [1.82, 2.24) is 9.78 Å². The van der Waals surface area contributed by atoms with Crippen molar-refractivity contribution in [3.05, 3.63) is 16.4 Å². The average molecular weight is 244 g/mol. The zero-order chi connectivity index (χ0) is 10.8. The smallest absolute Gasteiger partial charge is 0.131 e. The van der Waals surface area contributed by atoms with E-state index in [0.717, 1.165) is 11.3 Å². The molecule has 1 aliphatic rings. The summed E-state index contributed by atoms with van der Waals surface area (Å²) < 4.78 is 1.69. The van der Waals surface area contributed by atoms with E-state index in [1.54, 1.807) is 4.68 Å². The first-order valence-corrected chi connectivity index (χ1v) is 5.87. The molecule has 1 aromatic rings. The number of aromatic nitrogens is 2. The first-order chi connectivity index (χ1) is 7.27. The van der Waals surface area contributed by atoms with Crippen LogP contribution < -0.4 is 0 Å². The Bertz CT molecular complexity index is 402. The second-order valence-electron chi connectivity index (χ2n) is 3.69. The zero-order valence-electron chi connectivity index (χ0n) is 8.21. The van der Waals surface area contributed by atoms with Crippen LogP contribution in [0, 0.1) is 11.3 Å². The number of hydrogen-bond donors (Lipinski definition) is 0. The Balaban J connectivity index is 2.27. The maximum Gasteiger partial charge on any atom is 0.131 e. The summed E-state index contributed by atoms with van der Waals surface area (Å²) in [5.41, 5.74) is 1.98. The SMILES string of the molecule is N#CCCn1nc(C2CC2)c(CCl)c1Cl. The summed E-state index contributed by atoms with van der Waals surface area (Å²) in [4.78, 5) is 0. The number of aryl methyl sites for hydroxylation is 1. The van der Waals surface area contributed by atoms with Crippen LogP contribution in [0.5, 0.6) is 0 Å². The Hall–Kier alpha value is -0.720. The topological polar surface area (TPSA) is 41.6 Å². The lowest BCUT2D eigenvalue weighted by Gasteiger charge is -1.97. The fourth-order valence-corrected chi connectivity index (χ4v) is 2.23. The van der Waals surface area contributed by atoms with E-state index in [0.29, 0.717) is 29.9 Å². The summed E-state index contributed by atoms with van der Waals surface area (Å²) >= 11 is 12.0. The third-order valence-corrected chi connectivity index (χ3v) is 3.24. The largest absolute Gasteiger partial charge is 0.252 e. The first kappa shape index (κ1) is 10.8. The Labute approximate surface area is 98.6 Å². The van der Waals surface area contributed by atoms with Gasteiger partial charge in [-0.1, -0.05) is 11.6 Å². The third-order valence-electron chi connectivity index (χ3n) is 2.55. The standard InChI is InChI=1S/C10H11Cl2N3/c11-6-8-9(7-2-3-7)14-15(10(8)12)5-1-4-13/h7H,1-3,5-6H2. The summed E-state index contributed by atoms with van der Waals surface area (Å²) in [6.45, 7) is 0.548. The summed E-state index contributed by atoms with van der Waals surface area (Å²) in [5, 5.41) is 13.5. The molecule has 1 saturated carbocycles. The summed E-state index contributed by atoms with van der Waals surface area (Å²) in [6, 6.07) is 2.08. The normalized spacial score (nSPS) is 15.3. The monoisotopic (exact) mass is 243 g/mol. The van der Waals surface area contributed by atoms with Crippen molar-refractivity contribution < 1.29 is 0 Å². The molecule has 0 aliphatic heterocycles. The van der Waals surface area contributed by atoms with Gasteiger partial charge in [-0.05, 0) is 12.8 Å². The van der Waals surface area contributed by atoms with Gasteiger partial charge in [0.1, 0.15) is 5.15 Å². The van der Waals surface area contributed by atoms with E-state index < -0.39 is 0 Å². The molecule has 1 fully saturated rings. The number of alkyl halides is 1. The molecule has 15 heavy (non-hydrogen) atoms. The molecular weight excluding hydrogens is 233 g/mol. The van der Waals surface area contributed by atoms with Crippen molar-refractivity contribution in [3.63, 3.8) is 0 Å². The highest BCUT2D eigenvalue weighted by Crippen LogP contribution is 2.42. The van der Waals surface area contributed by atoms with Crippen molar-refractivity contribution in [1.29, 1.82) is 5.26 Å². The highest BCUT2D eigenvalue weighted by atomic mass is 35.5. The Kier molecular flexibility index (Phi) is 3.18. The molecule has 2 rings (SSSR count). The lowest BCUT2D eigenvalue weighted by atomic mass is 10.2. The molecule has 1 aliphatic carbocycles. The second kappa shape index (κ2) is 4.42. The molecule has 0 N–H and O–H groups in total. The highest BCUT2D eigenvalue weighted by molar-refractivity contribution is 6.31. The van der Waals surface area contributed by atoms with Gasteiger partial charge < -0.3 is 0 Å². The molecule has 5 heteroatoms. The van der Waals surface area contributed by atoms with Crippen molar-refractivity contribution in [3.8, 4) is 6.07 Å². The van der Waals surface area contributed by atoms with Crippen LogP contribution in [0.25, 0.3) is 0 Å². The van der Waals surface area contributed by atoms with E-state index in [2.05, 4.69) is 11.2 Å². The summed E-state index contributed by atoms with van der Waals surface area (Å²) in [6.07, 6.45) is 2.78. The maximum atomic E-state index is 8.51. The number of halogens is 2. The van der Waals surface area contributed by atoms with E-state index in [4.69, 9.17) is 28.5 Å². The highest BCUT2D eigenvalue weighted by Gasteiger charge is 2.30. The molecule has 0 aromatic carbocycles. The second-order valence-corrected chi connectivity index (χ2v) is 4.32. The van der Waals surface area contributed by atoms with E-state index in [1.165, 1.54) is 12.8 Å². The van der Waals surface area contributed by atoms with Gasteiger partial charge in [0.05, 0.1) is 30.6 Å². The van der Waals surface area contributed by atoms with Gasteiger partial charge in [0, 0.05) is 11.5 Å². The van der Waals surface area contributed by atoms with Crippen LogP contribution in [0.2, 0.25) is 5.15 Å². The predicted octanol–water partition coefficient (Wildman–Crippen LogP) is 3.07. The minimum Gasteiger partial charge on any atom is -0.252 e. The minimum absolute atomic E-state index is 0.400. The van der Waals surface area contributed by atoms with Gasteiger partial charge in [0.15, 0.2) is 0 Å². The molecular formula is C10H11Cl2N3. The van der Waals surface area contributed by atoms with Gasteiger partial charge in [-0.25, -0.2) is 0 Å². The fraction of sp³-hybridized carbons (Fsp3) is 0.600. The van der Waals surface area contributed by atoms with E-state index in [9.17, 15) is 0 Å². The molecule has 0 unspecified atom stereocenters. The van der Waals surface area contributed by atoms with E-state index >= 15 is 0 Å². The maximum absolute atomic E-state index is 8.51. The molecule has 3 nitrogen and oxygen atoms in total. The molecule has 80 valence electrons. The van der Waals surface area contributed by atoms with Crippen LogP contribution in [-0.2, 0) is 12.4 Å². The average Bonchev–Trinajstić information content (AvgIpc) is 3.02. The predicted molar refractivity (Wildman–Crippen MR) is 59.0 cm³/mol. The molecule has 0 amide bonds. The molecule has 0 saturated heterocycles. The molecule has 1 heterocycles. The lowest BCUT2D eigenvalue weighted by molar-refractivity contribution is 0.618. The van der Waals surface area contributed by atoms with Crippen molar-refractivity contribution in [2.24, 2.45) is 0 Å². The van der Waals surface area contributed by atoms with E-state index in [-0.39, 0.29) is 0 Å². The number of hydrogen-bond acceptors (Lipinski definition) is 2. The number of nitrogens with zero attached hydrogens (tertiary/aromatic N) is 3. The van der Waals surface area contributed by atoms with Gasteiger partial charge in [0.25, 0.3) is 0 Å². The van der Waals surface area contributed by atoms with Crippen LogP contribution in [0.15, 0.2) is 0 Å². The number of rotatable bonds is 4. The van der Waals surface area contributed by atoms with Crippen LogP contribution >= 0.6 is 23.2 Å². The lowest BCUT2D eigenvalue weighted by Crippen LogP contribution is -1.99. The Morgan fingerprint density at radius 3 is 2.80 bits per heavy atom. The minimum atomic E-state index is 0.400. The molecule has 0 spiro atoms. The van der Waals surface area contributed by atoms with Gasteiger partial charge in [0.2, 0.25) is 0 Å². The van der Waals surface area contributed by atoms with E-state index in [1.807, 2.05) is 0 Å².